The minimum Gasteiger partial charge on any atom is -0.244 e. The zero-order chi connectivity index (χ0) is 9.52. The van der Waals surface area contributed by atoms with E-state index in [1.165, 1.54) is 0 Å². The van der Waals surface area contributed by atoms with Gasteiger partial charge in [-0.3, -0.25) is 0 Å². The second-order valence-corrected chi connectivity index (χ2v) is 2.99. The van der Waals surface area contributed by atoms with Gasteiger partial charge >= 0.3 is 0 Å². The Kier molecular flexibility index (Phi) is 4.27. The minimum atomic E-state index is 0.548. The molecule has 0 aliphatic carbocycles. The average Bonchev–Trinajstić information content (AvgIpc) is 2.17. The van der Waals surface area contributed by atoms with Crippen LogP contribution < -0.4 is 0 Å². The summed E-state index contributed by atoms with van der Waals surface area (Å²) in [5.74, 6) is 0. The van der Waals surface area contributed by atoms with Gasteiger partial charge in [0.25, 0.3) is 0 Å². The maximum absolute atomic E-state index is 5.79. The Labute approximate surface area is 83.8 Å². The maximum atomic E-state index is 5.79. The van der Waals surface area contributed by atoms with E-state index in [0.29, 0.717) is 5.16 Å². The van der Waals surface area contributed by atoms with Gasteiger partial charge in [-0.1, -0.05) is 48.9 Å². The molecule has 0 aliphatic rings. The molecule has 0 aliphatic heterocycles. The highest BCUT2D eigenvalue weighted by Gasteiger charge is 1.85. The SMILES string of the molecule is CC/C=C(Cl)/N=C/c1ccccc1. The zero-order valence-corrected chi connectivity index (χ0v) is 8.33. The van der Waals surface area contributed by atoms with Gasteiger partial charge in [0.2, 0.25) is 0 Å². The van der Waals surface area contributed by atoms with E-state index in [-0.39, 0.29) is 0 Å². The first-order valence-electron chi connectivity index (χ1n) is 4.27. The number of aliphatic imine (C=N–C) groups is 1. The van der Waals surface area contributed by atoms with Crippen molar-refractivity contribution in [2.45, 2.75) is 13.3 Å². The van der Waals surface area contributed by atoms with Gasteiger partial charge in [-0.25, -0.2) is 4.99 Å². The Morgan fingerprint density at radius 3 is 2.69 bits per heavy atom. The predicted molar refractivity (Wildman–Crippen MR) is 58.3 cm³/mol. The van der Waals surface area contributed by atoms with E-state index < -0.39 is 0 Å². The summed E-state index contributed by atoms with van der Waals surface area (Å²) in [6.07, 6.45) is 4.54. The van der Waals surface area contributed by atoms with Crippen LogP contribution in [0.25, 0.3) is 0 Å². The van der Waals surface area contributed by atoms with Crippen molar-refractivity contribution in [3.63, 3.8) is 0 Å². The Morgan fingerprint density at radius 2 is 2.08 bits per heavy atom. The summed E-state index contributed by atoms with van der Waals surface area (Å²) in [6.45, 7) is 2.03. The fourth-order valence-corrected chi connectivity index (χ4v) is 1.10. The van der Waals surface area contributed by atoms with E-state index in [0.717, 1.165) is 12.0 Å². The lowest BCUT2D eigenvalue weighted by Gasteiger charge is -1.90. The lowest BCUT2D eigenvalue weighted by Crippen LogP contribution is -1.78. The standard InChI is InChI=1S/C11H12ClN/c1-2-6-11(12)13-9-10-7-4-3-5-8-10/h3-9H,2H2,1H3/b11-6+,13-9+. The monoisotopic (exact) mass is 193 g/mol. The van der Waals surface area contributed by atoms with Crippen LogP contribution in [-0.4, -0.2) is 6.21 Å². The van der Waals surface area contributed by atoms with Gasteiger partial charge in [0, 0.05) is 6.21 Å². The third kappa shape index (κ3) is 3.90. The van der Waals surface area contributed by atoms with E-state index in [9.17, 15) is 0 Å². The Hall–Kier alpha value is -1.08. The van der Waals surface area contributed by atoms with Gasteiger partial charge in [-0.15, -0.1) is 0 Å². The van der Waals surface area contributed by atoms with Crippen LogP contribution in [0.1, 0.15) is 18.9 Å². The average molecular weight is 194 g/mol. The molecule has 0 heterocycles. The number of allylic oxidation sites excluding steroid dienone is 1. The highest BCUT2D eigenvalue weighted by Crippen LogP contribution is 2.04. The first-order chi connectivity index (χ1) is 6.33. The van der Waals surface area contributed by atoms with E-state index in [4.69, 9.17) is 11.6 Å². The van der Waals surface area contributed by atoms with Crippen molar-refractivity contribution in [3.8, 4) is 0 Å². The van der Waals surface area contributed by atoms with Gasteiger partial charge in [0.1, 0.15) is 5.16 Å². The molecule has 1 aromatic carbocycles. The number of nitrogens with zero attached hydrogens (tertiary/aromatic N) is 1. The molecule has 68 valence electrons. The molecule has 2 heteroatoms. The van der Waals surface area contributed by atoms with E-state index in [1.54, 1.807) is 6.21 Å². The third-order valence-corrected chi connectivity index (χ3v) is 1.76. The van der Waals surface area contributed by atoms with Crippen LogP contribution in [0.2, 0.25) is 0 Å². The number of hydrogen-bond acceptors (Lipinski definition) is 1. The largest absolute Gasteiger partial charge is 0.244 e. The Morgan fingerprint density at radius 1 is 1.38 bits per heavy atom. The summed E-state index contributed by atoms with van der Waals surface area (Å²) in [5, 5.41) is 0.548. The second kappa shape index (κ2) is 5.55. The molecule has 0 radical (unpaired) electrons. The van der Waals surface area contributed by atoms with Crippen LogP contribution in [0.5, 0.6) is 0 Å². The molecule has 0 spiro atoms. The first-order valence-corrected chi connectivity index (χ1v) is 4.65. The van der Waals surface area contributed by atoms with Crippen LogP contribution in [0.4, 0.5) is 0 Å². The Balaban J connectivity index is 2.64. The fourth-order valence-electron chi connectivity index (χ4n) is 0.896. The zero-order valence-electron chi connectivity index (χ0n) is 7.57. The maximum Gasteiger partial charge on any atom is 0.125 e. The summed E-state index contributed by atoms with van der Waals surface area (Å²) in [7, 11) is 0. The lowest BCUT2D eigenvalue weighted by atomic mass is 10.2. The van der Waals surface area contributed by atoms with E-state index in [1.807, 2.05) is 43.3 Å². The molecule has 1 nitrogen and oxygen atoms in total. The number of hydrogen-bond donors (Lipinski definition) is 0. The van der Waals surface area contributed by atoms with Gasteiger partial charge in [-0.05, 0) is 18.1 Å². The summed E-state index contributed by atoms with van der Waals surface area (Å²) < 4.78 is 0. The molecular weight excluding hydrogens is 182 g/mol. The molecule has 0 unspecified atom stereocenters. The van der Waals surface area contributed by atoms with Crippen molar-refractivity contribution in [2.75, 3.05) is 0 Å². The number of halogens is 1. The first kappa shape index (κ1) is 10.0. The van der Waals surface area contributed by atoms with Crippen molar-refractivity contribution < 1.29 is 0 Å². The topological polar surface area (TPSA) is 12.4 Å². The van der Waals surface area contributed by atoms with Crippen molar-refractivity contribution in [1.82, 2.24) is 0 Å². The molecular formula is C11H12ClN. The van der Waals surface area contributed by atoms with E-state index >= 15 is 0 Å². The van der Waals surface area contributed by atoms with Crippen LogP contribution in [-0.2, 0) is 0 Å². The molecule has 0 N–H and O–H groups in total. The Bertz CT molecular complexity index is 301. The smallest absolute Gasteiger partial charge is 0.125 e. The molecule has 0 fully saturated rings. The molecule has 0 amide bonds. The number of benzene rings is 1. The normalized spacial score (nSPS) is 12.3. The van der Waals surface area contributed by atoms with Crippen molar-refractivity contribution in [1.29, 1.82) is 0 Å². The van der Waals surface area contributed by atoms with Crippen LogP contribution >= 0.6 is 11.6 Å². The molecule has 0 aromatic heterocycles. The molecule has 1 aromatic rings. The highest BCUT2D eigenvalue weighted by molar-refractivity contribution is 6.29. The fraction of sp³-hybridized carbons (Fsp3) is 0.182. The van der Waals surface area contributed by atoms with Crippen molar-refractivity contribution in [3.05, 3.63) is 47.1 Å². The van der Waals surface area contributed by atoms with Gasteiger partial charge in [0.05, 0.1) is 0 Å². The quantitative estimate of drug-likeness (QED) is 0.514. The van der Waals surface area contributed by atoms with Crippen LogP contribution in [0, 0.1) is 0 Å². The van der Waals surface area contributed by atoms with Crippen LogP contribution in [0.3, 0.4) is 0 Å². The molecule has 0 bridgehead atoms. The summed E-state index contributed by atoms with van der Waals surface area (Å²) in [5.41, 5.74) is 1.06. The molecule has 1 rings (SSSR count). The van der Waals surface area contributed by atoms with Gasteiger partial charge in [-0.2, -0.15) is 0 Å². The highest BCUT2D eigenvalue weighted by atomic mass is 35.5. The van der Waals surface area contributed by atoms with E-state index in [2.05, 4.69) is 4.99 Å². The predicted octanol–water partition coefficient (Wildman–Crippen LogP) is 3.60. The molecule has 0 saturated heterocycles. The van der Waals surface area contributed by atoms with Gasteiger partial charge < -0.3 is 0 Å². The molecule has 0 atom stereocenters. The minimum absolute atomic E-state index is 0.548. The third-order valence-electron chi connectivity index (χ3n) is 1.51. The second-order valence-electron chi connectivity index (χ2n) is 2.60. The van der Waals surface area contributed by atoms with Gasteiger partial charge in [0.15, 0.2) is 0 Å². The molecule has 0 saturated carbocycles. The lowest BCUT2D eigenvalue weighted by molar-refractivity contribution is 1.20. The van der Waals surface area contributed by atoms with Crippen LogP contribution in [0.15, 0.2) is 46.6 Å². The number of rotatable bonds is 3. The summed E-state index contributed by atoms with van der Waals surface area (Å²) in [6, 6.07) is 9.89. The molecule has 13 heavy (non-hydrogen) atoms. The summed E-state index contributed by atoms with van der Waals surface area (Å²) in [4.78, 5) is 4.09. The van der Waals surface area contributed by atoms with Crippen molar-refractivity contribution >= 4 is 17.8 Å². The summed E-state index contributed by atoms with van der Waals surface area (Å²) >= 11 is 5.79. The van der Waals surface area contributed by atoms with Crippen molar-refractivity contribution in [2.24, 2.45) is 4.99 Å².